The molecule has 0 aromatic carbocycles. The van der Waals surface area contributed by atoms with Crippen molar-refractivity contribution in [1.82, 2.24) is 20.0 Å². The minimum Gasteiger partial charge on any atom is -0.309 e. The number of hydrogen-bond acceptors (Lipinski definition) is 3. The van der Waals surface area contributed by atoms with Gasteiger partial charge in [0.25, 0.3) is 0 Å². The standard InChI is InChI=1S/C15H29BrN4/c1-5-7-8-9-14(17-6-2)15-13(16)12-18-20(15)11-10-19(3)4/h12,14,17H,5-11H2,1-4H3. The Morgan fingerprint density at radius 3 is 2.70 bits per heavy atom. The molecule has 0 bridgehead atoms. The van der Waals surface area contributed by atoms with Crippen LogP contribution in [0.25, 0.3) is 0 Å². The Labute approximate surface area is 132 Å². The number of nitrogens with zero attached hydrogens (tertiary/aromatic N) is 3. The van der Waals surface area contributed by atoms with E-state index >= 15 is 0 Å². The van der Waals surface area contributed by atoms with E-state index in [0.29, 0.717) is 6.04 Å². The number of hydrogen-bond donors (Lipinski definition) is 1. The van der Waals surface area contributed by atoms with Gasteiger partial charge in [-0.2, -0.15) is 5.10 Å². The van der Waals surface area contributed by atoms with Crippen LogP contribution in [0.15, 0.2) is 10.7 Å². The predicted molar refractivity (Wildman–Crippen MR) is 89.0 cm³/mol. The van der Waals surface area contributed by atoms with Crippen molar-refractivity contribution in [2.45, 2.75) is 52.1 Å². The zero-order valence-corrected chi connectivity index (χ0v) is 14.9. The number of nitrogens with one attached hydrogen (secondary N) is 1. The number of rotatable bonds is 10. The Morgan fingerprint density at radius 1 is 1.35 bits per heavy atom. The van der Waals surface area contributed by atoms with Crippen molar-refractivity contribution in [2.24, 2.45) is 0 Å². The predicted octanol–water partition coefficient (Wildman–Crippen LogP) is 3.44. The molecule has 4 nitrogen and oxygen atoms in total. The fraction of sp³-hybridized carbons (Fsp3) is 0.800. The van der Waals surface area contributed by atoms with Crippen molar-refractivity contribution < 1.29 is 0 Å². The molecule has 1 aromatic rings. The maximum absolute atomic E-state index is 4.52. The molecular weight excluding hydrogens is 316 g/mol. The highest BCUT2D eigenvalue weighted by Gasteiger charge is 2.19. The van der Waals surface area contributed by atoms with E-state index in [9.17, 15) is 0 Å². The fourth-order valence-corrected chi connectivity index (χ4v) is 2.94. The largest absolute Gasteiger partial charge is 0.309 e. The Morgan fingerprint density at radius 2 is 2.10 bits per heavy atom. The van der Waals surface area contributed by atoms with E-state index < -0.39 is 0 Å². The van der Waals surface area contributed by atoms with Gasteiger partial charge in [-0.25, -0.2) is 0 Å². The second-order valence-corrected chi connectivity index (χ2v) is 6.36. The first-order chi connectivity index (χ1) is 9.60. The van der Waals surface area contributed by atoms with E-state index in [4.69, 9.17) is 0 Å². The third-order valence-corrected chi connectivity index (χ3v) is 4.08. The van der Waals surface area contributed by atoms with Gasteiger partial charge in [0.15, 0.2) is 0 Å². The molecule has 0 saturated heterocycles. The molecule has 1 N–H and O–H groups in total. The topological polar surface area (TPSA) is 33.1 Å². The second kappa shape index (κ2) is 9.53. The lowest BCUT2D eigenvalue weighted by atomic mass is 10.1. The summed E-state index contributed by atoms with van der Waals surface area (Å²) in [5, 5.41) is 8.13. The van der Waals surface area contributed by atoms with Crippen LogP contribution in [-0.2, 0) is 6.54 Å². The monoisotopic (exact) mass is 344 g/mol. The summed E-state index contributed by atoms with van der Waals surface area (Å²) >= 11 is 3.67. The maximum Gasteiger partial charge on any atom is 0.0696 e. The summed E-state index contributed by atoms with van der Waals surface area (Å²) in [6.07, 6.45) is 6.92. The van der Waals surface area contributed by atoms with Gasteiger partial charge in [-0.1, -0.05) is 33.1 Å². The van der Waals surface area contributed by atoms with Crippen LogP contribution in [0.2, 0.25) is 0 Å². The Hall–Kier alpha value is -0.390. The van der Waals surface area contributed by atoms with Gasteiger partial charge in [-0.15, -0.1) is 0 Å². The lowest BCUT2D eigenvalue weighted by molar-refractivity contribution is 0.358. The molecule has 1 unspecified atom stereocenters. The van der Waals surface area contributed by atoms with E-state index in [-0.39, 0.29) is 0 Å². The van der Waals surface area contributed by atoms with Crippen molar-refractivity contribution >= 4 is 15.9 Å². The molecule has 0 radical (unpaired) electrons. The van der Waals surface area contributed by atoms with Crippen molar-refractivity contribution in [1.29, 1.82) is 0 Å². The molecule has 1 heterocycles. The number of halogens is 1. The molecular formula is C15H29BrN4. The van der Waals surface area contributed by atoms with Crippen LogP contribution in [0.1, 0.15) is 51.3 Å². The van der Waals surface area contributed by atoms with Gasteiger partial charge in [-0.05, 0) is 43.0 Å². The summed E-state index contributed by atoms with van der Waals surface area (Å²) in [5.74, 6) is 0. The summed E-state index contributed by atoms with van der Waals surface area (Å²) in [6.45, 7) is 7.35. The number of likely N-dealkylation sites (N-methyl/N-ethyl adjacent to an activating group) is 1. The van der Waals surface area contributed by atoms with Crippen LogP contribution in [0.4, 0.5) is 0 Å². The van der Waals surface area contributed by atoms with E-state index in [2.05, 4.69) is 63.9 Å². The minimum atomic E-state index is 0.394. The van der Waals surface area contributed by atoms with E-state index in [1.54, 1.807) is 0 Å². The third kappa shape index (κ3) is 5.54. The quantitative estimate of drug-likeness (QED) is 0.660. The van der Waals surface area contributed by atoms with Crippen molar-refractivity contribution in [3.05, 3.63) is 16.4 Å². The van der Waals surface area contributed by atoms with E-state index in [0.717, 1.165) is 24.1 Å². The van der Waals surface area contributed by atoms with Crippen molar-refractivity contribution in [2.75, 3.05) is 27.2 Å². The van der Waals surface area contributed by atoms with Gasteiger partial charge >= 0.3 is 0 Å². The molecule has 0 spiro atoms. The zero-order valence-electron chi connectivity index (χ0n) is 13.3. The molecule has 1 atom stereocenters. The van der Waals surface area contributed by atoms with Gasteiger partial charge in [-0.3, -0.25) is 4.68 Å². The van der Waals surface area contributed by atoms with Gasteiger partial charge in [0.1, 0.15) is 0 Å². The molecule has 0 amide bonds. The smallest absolute Gasteiger partial charge is 0.0696 e. The Kier molecular flexibility index (Phi) is 8.41. The van der Waals surface area contributed by atoms with Crippen LogP contribution < -0.4 is 5.32 Å². The fourth-order valence-electron chi connectivity index (χ4n) is 2.37. The van der Waals surface area contributed by atoms with Crippen LogP contribution in [-0.4, -0.2) is 41.9 Å². The summed E-state index contributed by atoms with van der Waals surface area (Å²) in [5.41, 5.74) is 1.30. The third-order valence-electron chi connectivity index (χ3n) is 3.47. The molecule has 0 saturated carbocycles. The maximum atomic E-state index is 4.52. The average Bonchev–Trinajstić information content (AvgIpc) is 2.77. The van der Waals surface area contributed by atoms with Gasteiger partial charge < -0.3 is 10.2 Å². The Bertz CT molecular complexity index is 376. The lowest BCUT2D eigenvalue weighted by Gasteiger charge is -2.21. The van der Waals surface area contributed by atoms with Crippen molar-refractivity contribution in [3.63, 3.8) is 0 Å². The SMILES string of the molecule is CCCCCC(NCC)c1c(Br)cnn1CCN(C)C. The molecule has 1 aromatic heterocycles. The van der Waals surface area contributed by atoms with Crippen molar-refractivity contribution in [3.8, 4) is 0 Å². The first kappa shape index (κ1) is 17.7. The summed E-state index contributed by atoms with van der Waals surface area (Å²) in [6, 6.07) is 0.394. The highest BCUT2D eigenvalue weighted by molar-refractivity contribution is 9.10. The summed E-state index contributed by atoms with van der Waals surface area (Å²) < 4.78 is 3.27. The van der Waals surface area contributed by atoms with Crippen LogP contribution in [0.3, 0.4) is 0 Å². The highest BCUT2D eigenvalue weighted by Crippen LogP contribution is 2.27. The first-order valence-electron chi connectivity index (χ1n) is 7.69. The summed E-state index contributed by atoms with van der Waals surface area (Å²) in [4.78, 5) is 2.19. The molecule has 116 valence electrons. The molecule has 0 aliphatic heterocycles. The molecule has 1 rings (SSSR count). The highest BCUT2D eigenvalue weighted by atomic mass is 79.9. The Balaban J connectivity index is 2.79. The molecule has 0 aliphatic rings. The molecule has 5 heteroatoms. The average molecular weight is 345 g/mol. The summed E-state index contributed by atoms with van der Waals surface area (Å²) in [7, 11) is 4.20. The normalized spacial score (nSPS) is 13.1. The van der Waals surface area contributed by atoms with Crippen LogP contribution in [0.5, 0.6) is 0 Å². The van der Waals surface area contributed by atoms with Crippen LogP contribution >= 0.6 is 15.9 Å². The zero-order chi connectivity index (χ0) is 15.0. The minimum absolute atomic E-state index is 0.394. The van der Waals surface area contributed by atoms with E-state index in [1.807, 2.05) is 6.20 Å². The molecule has 0 fully saturated rings. The van der Waals surface area contributed by atoms with Crippen LogP contribution in [0, 0.1) is 0 Å². The first-order valence-corrected chi connectivity index (χ1v) is 8.48. The number of unbranched alkanes of at least 4 members (excludes halogenated alkanes) is 2. The van der Waals surface area contributed by atoms with E-state index in [1.165, 1.54) is 31.4 Å². The number of aromatic nitrogens is 2. The van der Waals surface area contributed by atoms with Gasteiger partial charge in [0.05, 0.1) is 29.0 Å². The molecule has 20 heavy (non-hydrogen) atoms. The lowest BCUT2D eigenvalue weighted by Crippen LogP contribution is -2.26. The van der Waals surface area contributed by atoms with Gasteiger partial charge in [0.2, 0.25) is 0 Å². The van der Waals surface area contributed by atoms with Gasteiger partial charge in [0, 0.05) is 6.54 Å². The second-order valence-electron chi connectivity index (χ2n) is 5.51. The molecule has 0 aliphatic carbocycles.